The first-order valence-corrected chi connectivity index (χ1v) is 14.2. The van der Waals surface area contributed by atoms with Crippen molar-refractivity contribution in [1.82, 2.24) is 19.7 Å². The predicted octanol–water partition coefficient (Wildman–Crippen LogP) is 8.24. The molecule has 0 aliphatic heterocycles. The minimum absolute atomic E-state index is 0.0118. The number of nitrogens with one attached hydrogen (secondary N) is 1. The number of benzene rings is 4. The number of rotatable bonds is 7. The fourth-order valence-corrected chi connectivity index (χ4v) is 5.47. The van der Waals surface area contributed by atoms with E-state index < -0.39 is 17.6 Å². The summed E-state index contributed by atoms with van der Waals surface area (Å²) in [6.45, 7) is 0.642. The maximum absolute atomic E-state index is 13.1. The summed E-state index contributed by atoms with van der Waals surface area (Å²) in [6, 6.07) is 27.7. The fraction of sp³-hybridized carbons (Fsp3) is 0.0968. The highest BCUT2D eigenvalue weighted by Gasteiger charge is 2.31. The van der Waals surface area contributed by atoms with E-state index in [1.807, 2.05) is 42.5 Å². The van der Waals surface area contributed by atoms with Crippen molar-refractivity contribution in [2.24, 2.45) is 0 Å². The van der Waals surface area contributed by atoms with Gasteiger partial charge in [0.25, 0.3) is 5.91 Å². The number of fused-ring (bicyclic) bond motifs is 3. The van der Waals surface area contributed by atoms with E-state index in [4.69, 9.17) is 16.6 Å². The number of amides is 1. The van der Waals surface area contributed by atoms with Crippen LogP contribution in [0.4, 0.5) is 18.9 Å². The maximum Gasteiger partial charge on any atom is 0.416 e. The summed E-state index contributed by atoms with van der Waals surface area (Å²) in [5.74, 6) is -0.0485. The lowest BCUT2D eigenvalue weighted by molar-refractivity contribution is -0.137. The first kappa shape index (κ1) is 27.7. The molecule has 0 saturated carbocycles. The number of thioether (sulfide) groups is 1. The van der Waals surface area contributed by atoms with Gasteiger partial charge in [0.05, 0.1) is 21.8 Å². The molecule has 4 aromatic carbocycles. The Kier molecular flexibility index (Phi) is 7.57. The second kappa shape index (κ2) is 11.5. The van der Waals surface area contributed by atoms with Crippen LogP contribution in [0.15, 0.2) is 102 Å². The molecule has 6 nitrogen and oxygen atoms in total. The fourth-order valence-electron chi connectivity index (χ4n) is 4.57. The van der Waals surface area contributed by atoms with Crippen molar-refractivity contribution in [1.29, 1.82) is 0 Å². The lowest BCUT2D eigenvalue weighted by Crippen LogP contribution is -2.13. The Hall–Kier alpha value is -4.41. The van der Waals surface area contributed by atoms with Crippen LogP contribution < -0.4 is 5.32 Å². The number of aromatic nitrogens is 4. The van der Waals surface area contributed by atoms with Gasteiger partial charge in [0.1, 0.15) is 5.52 Å². The zero-order valence-electron chi connectivity index (χ0n) is 21.8. The van der Waals surface area contributed by atoms with E-state index in [9.17, 15) is 18.0 Å². The number of carbonyl (C=O) groups is 1. The third-order valence-corrected chi connectivity index (χ3v) is 7.90. The Bertz CT molecular complexity index is 1910. The molecule has 11 heteroatoms. The predicted molar refractivity (Wildman–Crippen MR) is 159 cm³/mol. The molecule has 0 atom stereocenters. The first-order valence-electron chi connectivity index (χ1n) is 12.8. The van der Waals surface area contributed by atoms with Crippen molar-refractivity contribution in [2.75, 3.05) is 5.32 Å². The molecular weight excluding hydrogens is 583 g/mol. The van der Waals surface area contributed by atoms with Crippen molar-refractivity contribution in [3.8, 4) is 0 Å². The van der Waals surface area contributed by atoms with Gasteiger partial charge in [0.2, 0.25) is 5.16 Å². The smallest absolute Gasteiger partial charge is 0.321 e. The zero-order valence-corrected chi connectivity index (χ0v) is 23.3. The third-order valence-electron chi connectivity index (χ3n) is 6.66. The van der Waals surface area contributed by atoms with Gasteiger partial charge >= 0.3 is 6.18 Å². The number of halogens is 4. The summed E-state index contributed by atoms with van der Waals surface area (Å²) >= 11 is 7.42. The van der Waals surface area contributed by atoms with Crippen LogP contribution in [0.3, 0.4) is 0 Å². The van der Waals surface area contributed by atoms with Crippen LogP contribution in [-0.4, -0.2) is 25.7 Å². The van der Waals surface area contributed by atoms with Gasteiger partial charge in [-0.2, -0.15) is 13.2 Å². The van der Waals surface area contributed by atoms with Gasteiger partial charge in [-0.3, -0.25) is 4.79 Å². The number of carbonyl (C=O) groups excluding carboxylic acids is 1. The summed E-state index contributed by atoms with van der Waals surface area (Å²) in [6.07, 6.45) is -4.55. The minimum Gasteiger partial charge on any atom is -0.321 e. The van der Waals surface area contributed by atoms with Gasteiger partial charge in [0, 0.05) is 23.2 Å². The largest absolute Gasteiger partial charge is 0.416 e. The highest BCUT2D eigenvalue weighted by molar-refractivity contribution is 7.98. The molecular formula is C31H21ClF3N5OS. The average Bonchev–Trinajstić information content (AvgIpc) is 3.30. The topological polar surface area (TPSA) is 72.7 Å². The normalized spacial score (nSPS) is 11.7. The van der Waals surface area contributed by atoms with E-state index in [1.54, 1.807) is 24.3 Å². The van der Waals surface area contributed by atoms with E-state index in [2.05, 4.69) is 32.2 Å². The third kappa shape index (κ3) is 5.81. The monoisotopic (exact) mass is 603 g/mol. The van der Waals surface area contributed by atoms with E-state index in [0.717, 1.165) is 51.4 Å². The second-order valence-corrected chi connectivity index (χ2v) is 10.8. The van der Waals surface area contributed by atoms with Gasteiger partial charge in [-0.15, -0.1) is 10.2 Å². The van der Waals surface area contributed by atoms with Crippen molar-refractivity contribution >= 4 is 57.0 Å². The Morgan fingerprint density at radius 1 is 0.881 bits per heavy atom. The highest BCUT2D eigenvalue weighted by Crippen LogP contribution is 2.34. The minimum atomic E-state index is -4.55. The van der Waals surface area contributed by atoms with Crippen molar-refractivity contribution < 1.29 is 18.0 Å². The number of anilines is 1. The van der Waals surface area contributed by atoms with E-state index >= 15 is 0 Å². The maximum atomic E-state index is 13.1. The molecule has 1 amide bonds. The SMILES string of the molecule is O=C(Nc1cc(C(F)(F)F)ccc1Cl)c1ccc(CSc2nnc3c4ccccc4n(Cc4ccccc4)c3n2)cc1. The van der Waals surface area contributed by atoms with Gasteiger partial charge in [-0.25, -0.2) is 4.98 Å². The Morgan fingerprint density at radius 2 is 1.62 bits per heavy atom. The van der Waals surface area contributed by atoms with Crippen LogP contribution in [0, 0.1) is 0 Å². The molecule has 0 bridgehead atoms. The van der Waals surface area contributed by atoms with E-state index in [1.165, 1.54) is 11.8 Å². The molecule has 2 aromatic heterocycles. The second-order valence-electron chi connectivity index (χ2n) is 9.49. The summed E-state index contributed by atoms with van der Waals surface area (Å²) in [4.78, 5) is 17.5. The molecule has 6 aromatic rings. The molecule has 0 spiro atoms. The molecule has 6 rings (SSSR count). The zero-order chi connectivity index (χ0) is 29.3. The highest BCUT2D eigenvalue weighted by atomic mass is 35.5. The van der Waals surface area contributed by atoms with Crippen LogP contribution in [0.25, 0.3) is 22.1 Å². The molecule has 42 heavy (non-hydrogen) atoms. The summed E-state index contributed by atoms with van der Waals surface area (Å²) in [5, 5.41) is 12.8. The van der Waals surface area contributed by atoms with Crippen molar-refractivity contribution in [3.63, 3.8) is 0 Å². The molecule has 0 aliphatic rings. The van der Waals surface area contributed by atoms with E-state index in [0.29, 0.717) is 17.5 Å². The van der Waals surface area contributed by atoms with E-state index in [-0.39, 0.29) is 16.3 Å². The van der Waals surface area contributed by atoms with Gasteiger partial charge in [-0.1, -0.05) is 84.0 Å². The molecule has 0 aliphatic carbocycles. The average molecular weight is 604 g/mol. The molecule has 0 fully saturated rings. The Labute approximate surface area is 247 Å². The van der Waals surface area contributed by atoms with Crippen LogP contribution in [0.2, 0.25) is 5.02 Å². The van der Waals surface area contributed by atoms with Crippen molar-refractivity contribution in [2.45, 2.75) is 23.6 Å². The molecule has 0 saturated heterocycles. The number of hydrogen-bond donors (Lipinski definition) is 1. The first-order chi connectivity index (χ1) is 20.3. The molecule has 210 valence electrons. The molecule has 0 radical (unpaired) electrons. The number of alkyl halides is 3. The van der Waals surface area contributed by atoms with Crippen LogP contribution in [0.5, 0.6) is 0 Å². The van der Waals surface area contributed by atoms with Crippen molar-refractivity contribution in [3.05, 3.63) is 124 Å². The molecule has 2 heterocycles. The molecule has 1 N–H and O–H groups in total. The van der Waals surface area contributed by atoms with Gasteiger partial charge < -0.3 is 9.88 Å². The quantitative estimate of drug-likeness (QED) is 0.186. The number of para-hydroxylation sites is 1. The Balaban J connectivity index is 1.18. The number of nitrogens with zero attached hydrogens (tertiary/aromatic N) is 4. The summed E-state index contributed by atoms with van der Waals surface area (Å²) < 4.78 is 41.3. The summed E-state index contributed by atoms with van der Waals surface area (Å²) in [5.41, 5.74) is 3.84. The van der Waals surface area contributed by atoms with Crippen LogP contribution in [0.1, 0.15) is 27.0 Å². The summed E-state index contributed by atoms with van der Waals surface area (Å²) in [7, 11) is 0. The standard InChI is InChI=1S/C31H21ClF3N5OS/c32-24-15-14-22(31(33,34)35)16-25(24)36-29(41)21-12-10-20(11-13-21)18-42-30-37-28-27(38-39-30)23-8-4-5-9-26(23)40(28)17-19-6-2-1-3-7-19/h1-16H,17-18H2,(H,36,41). The Morgan fingerprint density at radius 3 is 2.38 bits per heavy atom. The lowest BCUT2D eigenvalue weighted by atomic mass is 10.1. The lowest BCUT2D eigenvalue weighted by Gasteiger charge is -2.12. The number of hydrogen-bond acceptors (Lipinski definition) is 5. The molecule has 0 unspecified atom stereocenters. The van der Waals surface area contributed by atoms with Gasteiger partial charge in [0.15, 0.2) is 5.65 Å². The van der Waals surface area contributed by atoms with Gasteiger partial charge in [-0.05, 0) is 47.5 Å². The van der Waals surface area contributed by atoms with Crippen LogP contribution >= 0.6 is 23.4 Å². The van der Waals surface area contributed by atoms with Crippen LogP contribution in [-0.2, 0) is 18.5 Å².